The van der Waals surface area contributed by atoms with E-state index in [4.69, 9.17) is 5.21 Å². The molecule has 0 bridgehead atoms. The molecule has 5 atom stereocenters. The van der Waals surface area contributed by atoms with Gasteiger partial charge in [0.05, 0.1) is 22.4 Å². The van der Waals surface area contributed by atoms with Gasteiger partial charge in [0.15, 0.2) is 0 Å². The number of fused-ring (bicyclic) bond motifs is 1. The molecule has 8 heteroatoms. The Morgan fingerprint density at radius 2 is 1.80 bits per heavy atom. The summed E-state index contributed by atoms with van der Waals surface area (Å²) in [6.45, 7) is 0. The zero-order chi connectivity index (χ0) is 21.5. The van der Waals surface area contributed by atoms with Crippen LogP contribution in [0.2, 0.25) is 0 Å². The number of hydrogen-bond acceptors (Lipinski definition) is 7. The molecule has 30 heavy (non-hydrogen) atoms. The van der Waals surface area contributed by atoms with Crippen LogP contribution >= 0.6 is 11.3 Å². The molecule has 1 aromatic heterocycles. The Labute approximate surface area is 180 Å². The van der Waals surface area contributed by atoms with Crippen LogP contribution in [0.15, 0.2) is 24.3 Å². The van der Waals surface area contributed by atoms with Gasteiger partial charge in [0.2, 0.25) is 5.91 Å². The highest BCUT2D eigenvalue weighted by Gasteiger charge is 2.41. The third-order valence-corrected chi connectivity index (χ3v) is 7.34. The number of hydroxylamine groups is 1. The second-order valence-corrected chi connectivity index (χ2v) is 9.36. The minimum Gasteiger partial charge on any atom is -0.393 e. The number of unbranched alkanes of at least 4 members (excludes halogenated alkanes) is 3. The summed E-state index contributed by atoms with van der Waals surface area (Å²) in [6.07, 6.45) is 4.46. The molecule has 5 N–H and O–H groups in total. The zero-order valence-corrected chi connectivity index (χ0v) is 17.9. The molecule has 1 fully saturated rings. The van der Waals surface area contributed by atoms with E-state index in [-0.39, 0.29) is 17.7 Å². The van der Waals surface area contributed by atoms with Crippen LogP contribution in [0.25, 0.3) is 10.2 Å². The summed E-state index contributed by atoms with van der Waals surface area (Å²) in [7, 11) is 0. The number of benzene rings is 1. The van der Waals surface area contributed by atoms with Crippen molar-refractivity contribution in [2.24, 2.45) is 11.8 Å². The Bertz CT molecular complexity index is 781. The van der Waals surface area contributed by atoms with Crippen molar-refractivity contribution in [2.45, 2.75) is 76.1 Å². The van der Waals surface area contributed by atoms with Crippen LogP contribution in [-0.2, 0) is 4.79 Å². The lowest BCUT2D eigenvalue weighted by atomic mass is 9.85. The van der Waals surface area contributed by atoms with Crippen molar-refractivity contribution in [1.82, 2.24) is 10.5 Å². The number of aromatic nitrogens is 1. The monoisotopic (exact) mass is 436 g/mol. The van der Waals surface area contributed by atoms with Gasteiger partial charge in [-0.05, 0) is 56.1 Å². The normalized spacial score (nSPS) is 24.9. The molecule has 1 heterocycles. The Balaban J connectivity index is 1.46. The Kier molecular flexibility index (Phi) is 8.59. The topological polar surface area (TPSA) is 123 Å². The predicted octanol–water partition coefficient (Wildman–Crippen LogP) is 3.31. The smallest absolute Gasteiger partial charge is 0.243 e. The second kappa shape index (κ2) is 11.2. The lowest BCUT2D eigenvalue weighted by Crippen LogP contribution is -2.23. The first-order valence-corrected chi connectivity index (χ1v) is 11.6. The van der Waals surface area contributed by atoms with Gasteiger partial charge in [-0.15, -0.1) is 11.3 Å². The summed E-state index contributed by atoms with van der Waals surface area (Å²) in [5, 5.41) is 40.6. The number of carbonyl (C=O) groups excluding carboxylic acids is 1. The van der Waals surface area contributed by atoms with E-state index in [2.05, 4.69) is 4.98 Å². The molecule has 166 valence electrons. The molecule has 1 aliphatic rings. The highest BCUT2D eigenvalue weighted by molar-refractivity contribution is 7.18. The summed E-state index contributed by atoms with van der Waals surface area (Å²) >= 11 is 1.50. The molecule has 0 aliphatic heterocycles. The van der Waals surface area contributed by atoms with Gasteiger partial charge in [0.25, 0.3) is 0 Å². The van der Waals surface area contributed by atoms with Crippen LogP contribution in [0.4, 0.5) is 0 Å². The van der Waals surface area contributed by atoms with Gasteiger partial charge in [-0.1, -0.05) is 31.4 Å². The summed E-state index contributed by atoms with van der Waals surface area (Å²) < 4.78 is 1.05. The van der Waals surface area contributed by atoms with Crippen LogP contribution in [0.1, 0.15) is 68.9 Å². The molecule has 1 aromatic carbocycles. The lowest BCUT2D eigenvalue weighted by Gasteiger charge is -2.24. The fourth-order valence-electron chi connectivity index (χ4n) is 4.56. The van der Waals surface area contributed by atoms with Crippen LogP contribution < -0.4 is 5.48 Å². The number of amides is 1. The van der Waals surface area contributed by atoms with Crippen molar-refractivity contribution >= 4 is 27.5 Å². The maximum absolute atomic E-state index is 11.0. The number of hydrogen-bond donors (Lipinski definition) is 5. The molecule has 1 amide bonds. The third-order valence-electron chi connectivity index (χ3n) is 6.21. The van der Waals surface area contributed by atoms with E-state index in [1.165, 1.54) is 11.3 Å². The van der Waals surface area contributed by atoms with Gasteiger partial charge >= 0.3 is 0 Å². The van der Waals surface area contributed by atoms with Crippen molar-refractivity contribution < 1.29 is 25.3 Å². The first-order chi connectivity index (χ1) is 14.5. The number of nitrogens with one attached hydrogen (secondary N) is 1. The highest BCUT2D eigenvalue weighted by atomic mass is 32.1. The number of aliphatic hydroxyl groups excluding tert-OH is 3. The van der Waals surface area contributed by atoms with Gasteiger partial charge in [0.1, 0.15) is 11.1 Å². The summed E-state index contributed by atoms with van der Waals surface area (Å²) in [6, 6.07) is 7.82. The van der Waals surface area contributed by atoms with Crippen LogP contribution in [-0.4, -0.2) is 43.6 Å². The molecule has 3 rings (SSSR count). The molecule has 0 spiro atoms. The molecule has 0 saturated heterocycles. The average molecular weight is 437 g/mol. The first-order valence-electron chi connectivity index (χ1n) is 10.8. The van der Waals surface area contributed by atoms with Gasteiger partial charge < -0.3 is 15.3 Å². The molecule has 1 unspecified atom stereocenters. The number of carbonyl (C=O) groups is 1. The largest absolute Gasteiger partial charge is 0.393 e. The van der Waals surface area contributed by atoms with Crippen molar-refractivity contribution in [3.63, 3.8) is 0 Å². The van der Waals surface area contributed by atoms with E-state index in [0.717, 1.165) is 42.3 Å². The summed E-state index contributed by atoms with van der Waals surface area (Å²) in [5.41, 5.74) is 2.53. The standard InChI is InChI=1S/C22H32N2O5S/c25-17(22-23-16-8-5-6-9-20(16)30-22)12-11-15-14(18(26)13-19(15)27)7-3-1-2-4-10-21(28)24-29/h5-6,8-9,14-15,17-19,25-27,29H,1-4,7,10-13H2,(H,24,28)/t14-,15-,17?,18+,19-/m1/s1. The first kappa shape index (κ1) is 23.1. The van der Waals surface area contributed by atoms with E-state index in [9.17, 15) is 20.1 Å². The van der Waals surface area contributed by atoms with Crippen molar-refractivity contribution in [3.8, 4) is 0 Å². The number of para-hydroxylation sites is 1. The van der Waals surface area contributed by atoms with E-state index >= 15 is 0 Å². The molecular formula is C22H32N2O5S. The van der Waals surface area contributed by atoms with Crippen LogP contribution in [0.5, 0.6) is 0 Å². The molecular weight excluding hydrogens is 404 g/mol. The maximum Gasteiger partial charge on any atom is 0.243 e. The number of aliphatic hydroxyl groups is 3. The Hall–Kier alpha value is -1.58. The molecule has 1 aliphatic carbocycles. The minimum absolute atomic E-state index is 0.0239. The summed E-state index contributed by atoms with van der Waals surface area (Å²) in [4.78, 5) is 15.5. The van der Waals surface area contributed by atoms with E-state index in [1.807, 2.05) is 24.3 Å². The number of thiazole rings is 1. The minimum atomic E-state index is -0.661. The zero-order valence-electron chi connectivity index (χ0n) is 17.1. The quantitative estimate of drug-likeness (QED) is 0.209. The fourth-order valence-corrected chi connectivity index (χ4v) is 5.55. The number of rotatable bonds is 11. The average Bonchev–Trinajstić information content (AvgIpc) is 3.29. The van der Waals surface area contributed by atoms with Gasteiger partial charge in [-0.3, -0.25) is 10.0 Å². The van der Waals surface area contributed by atoms with E-state index < -0.39 is 18.3 Å². The highest BCUT2D eigenvalue weighted by Crippen LogP contribution is 2.40. The predicted molar refractivity (Wildman–Crippen MR) is 115 cm³/mol. The molecule has 0 radical (unpaired) electrons. The van der Waals surface area contributed by atoms with Crippen molar-refractivity contribution in [3.05, 3.63) is 29.3 Å². The van der Waals surface area contributed by atoms with E-state index in [1.54, 1.807) is 5.48 Å². The van der Waals surface area contributed by atoms with Crippen LogP contribution in [0, 0.1) is 11.8 Å². The molecule has 1 saturated carbocycles. The van der Waals surface area contributed by atoms with E-state index in [0.29, 0.717) is 30.7 Å². The Morgan fingerprint density at radius 1 is 1.10 bits per heavy atom. The maximum atomic E-state index is 11.0. The van der Waals surface area contributed by atoms with Crippen molar-refractivity contribution in [1.29, 1.82) is 0 Å². The van der Waals surface area contributed by atoms with Crippen molar-refractivity contribution in [2.75, 3.05) is 0 Å². The van der Waals surface area contributed by atoms with Crippen LogP contribution in [0.3, 0.4) is 0 Å². The Morgan fingerprint density at radius 3 is 2.53 bits per heavy atom. The van der Waals surface area contributed by atoms with Gasteiger partial charge in [0, 0.05) is 6.42 Å². The summed E-state index contributed by atoms with van der Waals surface area (Å²) in [5.74, 6) is -0.358. The molecule has 7 nitrogen and oxygen atoms in total. The van der Waals surface area contributed by atoms with Gasteiger partial charge in [-0.25, -0.2) is 10.5 Å². The lowest BCUT2D eigenvalue weighted by molar-refractivity contribution is -0.129. The number of nitrogens with zero attached hydrogens (tertiary/aromatic N) is 1. The second-order valence-electron chi connectivity index (χ2n) is 8.30. The SMILES string of the molecule is O=C(CCCCCC[C@@H]1[C@@H](CCC(O)c2nc3ccccc3s2)[C@H](O)C[C@@H]1O)NO. The molecule has 2 aromatic rings. The third kappa shape index (κ3) is 5.98. The fraction of sp³-hybridized carbons (Fsp3) is 0.636. The van der Waals surface area contributed by atoms with Gasteiger partial charge in [-0.2, -0.15) is 0 Å².